The molecule has 0 atom stereocenters. The van der Waals surface area contributed by atoms with E-state index in [1.165, 1.54) is 66.8 Å². The lowest BCUT2D eigenvalue weighted by atomic mass is 9.90. The Balaban J connectivity index is 1.21. The molecule has 0 bridgehead atoms. The molecule has 0 amide bonds. The van der Waals surface area contributed by atoms with Gasteiger partial charge in [0.25, 0.3) is 0 Å². The van der Waals surface area contributed by atoms with Gasteiger partial charge >= 0.3 is 0 Å². The molecule has 0 aliphatic carbocycles. The SMILES string of the molecule is CC(=Cc1ccc(C=Cc2cc(-c3ccccc3)c(C=Cc3ccc(C=C(C)c4ccccc4)cc3)cc2-c2ccccc2)cc1)c1ccccc1. The van der Waals surface area contributed by atoms with Crippen LogP contribution < -0.4 is 0 Å². The highest BCUT2D eigenvalue weighted by Gasteiger charge is 2.11. The number of hydrogen-bond donors (Lipinski definition) is 0. The highest BCUT2D eigenvalue weighted by atomic mass is 14.1. The molecule has 0 saturated heterocycles. The molecule has 0 saturated carbocycles. The van der Waals surface area contributed by atoms with Gasteiger partial charge in [0, 0.05) is 0 Å². The summed E-state index contributed by atoms with van der Waals surface area (Å²) in [5.74, 6) is 0. The van der Waals surface area contributed by atoms with Crippen molar-refractivity contribution in [3.05, 3.63) is 226 Å². The second-order valence-electron chi connectivity index (χ2n) is 13.1. The monoisotopic (exact) mass is 666 g/mol. The molecule has 7 aromatic rings. The van der Waals surface area contributed by atoms with Crippen molar-refractivity contribution in [2.45, 2.75) is 13.8 Å². The second-order valence-corrected chi connectivity index (χ2v) is 13.1. The van der Waals surface area contributed by atoms with Crippen LogP contribution in [0.1, 0.15) is 58.4 Å². The molecule has 0 heteroatoms. The molecule has 7 aromatic carbocycles. The van der Waals surface area contributed by atoms with E-state index >= 15 is 0 Å². The van der Waals surface area contributed by atoms with E-state index in [4.69, 9.17) is 0 Å². The zero-order valence-electron chi connectivity index (χ0n) is 29.8. The van der Waals surface area contributed by atoms with E-state index in [9.17, 15) is 0 Å². The Kier molecular flexibility index (Phi) is 10.8. The molecule has 0 nitrogen and oxygen atoms in total. The predicted molar refractivity (Wildman–Crippen MR) is 228 cm³/mol. The Morgan fingerprint density at radius 1 is 0.327 bits per heavy atom. The summed E-state index contributed by atoms with van der Waals surface area (Å²) in [7, 11) is 0. The quantitative estimate of drug-likeness (QED) is 0.127. The van der Waals surface area contributed by atoms with E-state index in [1.54, 1.807) is 0 Å². The topological polar surface area (TPSA) is 0 Å². The third kappa shape index (κ3) is 8.62. The largest absolute Gasteiger partial charge is 0.0622 e. The highest BCUT2D eigenvalue weighted by Crippen LogP contribution is 2.35. The molecule has 250 valence electrons. The number of benzene rings is 7. The van der Waals surface area contributed by atoms with Gasteiger partial charge in [-0.2, -0.15) is 0 Å². The van der Waals surface area contributed by atoms with Crippen LogP contribution in [0.3, 0.4) is 0 Å². The fraction of sp³-hybridized carbons (Fsp3) is 0.0385. The van der Waals surface area contributed by atoms with Crippen LogP contribution >= 0.6 is 0 Å². The summed E-state index contributed by atoms with van der Waals surface area (Å²) < 4.78 is 0. The van der Waals surface area contributed by atoms with E-state index in [-0.39, 0.29) is 0 Å². The number of allylic oxidation sites excluding steroid dienone is 2. The average molecular weight is 667 g/mol. The van der Waals surface area contributed by atoms with Gasteiger partial charge in [0.05, 0.1) is 0 Å². The fourth-order valence-electron chi connectivity index (χ4n) is 6.49. The van der Waals surface area contributed by atoms with Crippen LogP contribution in [-0.2, 0) is 0 Å². The first-order valence-corrected chi connectivity index (χ1v) is 17.9. The van der Waals surface area contributed by atoms with Gasteiger partial charge in [-0.3, -0.25) is 0 Å². The molecule has 0 fully saturated rings. The standard InChI is InChI=1S/C52H42/c1-39(45-15-7-3-8-16-45)35-43-27-23-41(24-28-43)31-33-49-37-52(48-21-13-6-14-22-48)50(38-51(49)47-19-11-5-12-20-47)34-32-42-25-29-44(30-26-42)36-40(2)46-17-9-4-10-18-46/h3-38H,1-2H3. The zero-order valence-corrected chi connectivity index (χ0v) is 29.8. The van der Waals surface area contributed by atoms with Crippen molar-refractivity contribution in [1.82, 2.24) is 0 Å². The van der Waals surface area contributed by atoms with Crippen LogP contribution in [0, 0.1) is 0 Å². The average Bonchev–Trinajstić information content (AvgIpc) is 3.21. The Morgan fingerprint density at radius 2 is 0.635 bits per heavy atom. The Labute approximate surface area is 309 Å². The van der Waals surface area contributed by atoms with E-state index in [2.05, 4.69) is 232 Å². The van der Waals surface area contributed by atoms with Gasteiger partial charge in [-0.05, 0) is 104 Å². The third-order valence-electron chi connectivity index (χ3n) is 9.40. The zero-order chi connectivity index (χ0) is 35.5. The van der Waals surface area contributed by atoms with Crippen molar-refractivity contribution in [3.8, 4) is 22.3 Å². The summed E-state index contributed by atoms with van der Waals surface area (Å²) in [5.41, 5.74) is 16.8. The Hall–Kier alpha value is -6.50. The minimum absolute atomic E-state index is 1.16. The maximum Gasteiger partial charge on any atom is -0.0105 e. The lowest BCUT2D eigenvalue weighted by Gasteiger charge is -2.14. The molecule has 0 unspecified atom stereocenters. The second kappa shape index (κ2) is 16.5. The van der Waals surface area contributed by atoms with Crippen molar-refractivity contribution in [2.24, 2.45) is 0 Å². The van der Waals surface area contributed by atoms with Gasteiger partial charge in [0.1, 0.15) is 0 Å². The lowest BCUT2D eigenvalue weighted by Crippen LogP contribution is -1.91. The van der Waals surface area contributed by atoms with Crippen molar-refractivity contribution in [3.63, 3.8) is 0 Å². The molecule has 7 rings (SSSR count). The predicted octanol–water partition coefficient (Wildman–Crippen LogP) is 14.5. The van der Waals surface area contributed by atoms with E-state index in [1.807, 2.05) is 0 Å². The van der Waals surface area contributed by atoms with Crippen molar-refractivity contribution >= 4 is 47.6 Å². The number of rotatable bonds is 10. The van der Waals surface area contributed by atoms with Crippen molar-refractivity contribution in [1.29, 1.82) is 0 Å². The van der Waals surface area contributed by atoms with Crippen LogP contribution in [0.5, 0.6) is 0 Å². The van der Waals surface area contributed by atoms with Crippen LogP contribution in [-0.4, -0.2) is 0 Å². The molecular formula is C52H42. The summed E-state index contributed by atoms with van der Waals surface area (Å²) in [4.78, 5) is 0. The maximum atomic E-state index is 2.34. The minimum atomic E-state index is 1.16. The summed E-state index contributed by atoms with van der Waals surface area (Å²) in [5, 5.41) is 0. The summed E-state index contributed by atoms with van der Waals surface area (Å²) >= 11 is 0. The number of hydrogen-bond acceptors (Lipinski definition) is 0. The van der Waals surface area contributed by atoms with E-state index < -0.39 is 0 Å². The molecule has 0 radical (unpaired) electrons. The summed E-state index contributed by atoms with van der Waals surface area (Å²) in [6.45, 7) is 4.33. The van der Waals surface area contributed by atoms with E-state index in [0.29, 0.717) is 0 Å². The Bertz CT molecular complexity index is 2170. The van der Waals surface area contributed by atoms with Gasteiger partial charge in [-0.15, -0.1) is 0 Å². The summed E-state index contributed by atoms with van der Waals surface area (Å²) in [6, 6.07) is 64.7. The van der Waals surface area contributed by atoms with E-state index in [0.717, 1.165) is 11.1 Å². The first-order valence-electron chi connectivity index (χ1n) is 17.9. The van der Waals surface area contributed by atoms with Gasteiger partial charge in [0.15, 0.2) is 0 Å². The molecule has 0 N–H and O–H groups in total. The minimum Gasteiger partial charge on any atom is -0.0622 e. The molecule has 0 spiro atoms. The highest BCUT2D eigenvalue weighted by molar-refractivity contribution is 5.90. The van der Waals surface area contributed by atoms with Crippen LogP contribution in [0.2, 0.25) is 0 Å². The molecule has 0 aliphatic heterocycles. The smallest absolute Gasteiger partial charge is 0.0105 e. The van der Waals surface area contributed by atoms with Crippen molar-refractivity contribution in [2.75, 3.05) is 0 Å². The molecule has 52 heavy (non-hydrogen) atoms. The molecular weight excluding hydrogens is 625 g/mol. The fourth-order valence-corrected chi connectivity index (χ4v) is 6.49. The van der Waals surface area contributed by atoms with Gasteiger partial charge in [0.2, 0.25) is 0 Å². The van der Waals surface area contributed by atoms with Crippen LogP contribution in [0.4, 0.5) is 0 Å². The van der Waals surface area contributed by atoms with Crippen molar-refractivity contribution < 1.29 is 0 Å². The van der Waals surface area contributed by atoms with Crippen LogP contribution in [0.15, 0.2) is 182 Å². The van der Waals surface area contributed by atoms with Gasteiger partial charge in [-0.1, -0.05) is 206 Å². The van der Waals surface area contributed by atoms with Gasteiger partial charge < -0.3 is 0 Å². The summed E-state index contributed by atoms with van der Waals surface area (Å²) in [6.07, 6.45) is 13.4. The molecule has 0 aliphatic rings. The lowest BCUT2D eigenvalue weighted by molar-refractivity contribution is 1.54. The van der Waals surface area contributed by atoms with Crippen LogP contribution in [0.25, 0.3) is 69.9 Å². The first kappa shape index (κ1) is 34.0. The Morgan fingerprint density at radius 3 is 0.981 bits per heavy atom. The molecule has 0 aromatic heterocycles. The maximum absolute atomic E-state index is 2.34. The first-order chi connectivity index (χ1) is 25.6. The third-order valence-corrected chi connectivity index (χ3v) is 9.40. The molecule has 0 heterocycles. The van der Waals surface area contributed by atoms with Gasteiger partial charge in [-0.25, -0.2) is 0 Å². The normalized spacial score (nSPS) is 12.1.